The van der Waals surface area contributed by atoms with E-state index in [0.717, 1.165) is 35.4 Å². The largest absolute Gasteiger partial charge is 0.360 e. The van der Waals surface area contributed by atoms with Gasteiger partial charge >= 0.3 is 0 Å². The Morgan fingerprint density at radius 1 is 1.17 bits per heavy atom. The lowest BCUT2D eigenvalue weighted by Crippen LogP contribution is -2.31. The Balaban J connectivity index is 1.68. The molecule has 0 fully saturated rings. The second kappa shape index (κ2) is 9.76. The number of amides is 1. The molecule has 1 aromatic heterocycles. The number of rotatable bonds is 10. The minimum atomic E-state index is -0.537. The van der Waals surface area contributed by atoms with Gasteiger partial charge in [-0.2, -0.15) is 0 Å². The van der Waals surface area contributed by atoms with Crippen LogP contribution >= 0.6 is 21.6 Å². The predicted octanol–water partition coefficient (Wildman–Crippen LogP) is 2.80. The fraction of sp³-hybridized carbons (Fsp3) is 0.412. The van der Waals surface area contributed by atoms with Crippen LogP contribution in [-0.2, 0) is 4.79 Å². The molecule has 1 amide bonds. The van der Waals surface area contributed by atoms with Gasteiger partial charge in [-0.25, -0.2) is 0 Å². The lowest BCUT2D eigenvalue weighted by Gasteiger charge is -2.08. The first-order valence-corrected chi connectivity index (χ1v) is 10.4. The molecule has 0 bridgehead atoms. The predicted molar refractivity (Wildman–Crippen MR) is 104 cm³/mol. The van der Waals surface area contributed by atoms with Crippen LogP contribution < -0.4 is 5.32 Å². The maximum absolute atomic E-state index is 12.2. The molecule has 0 saturated heterocycles. The van der Waals surface area contributed by atoms with Crippen molar-refractivity contribution in [1.82, 2.24) is 15.2 Å². The molecule has 2 rings (SSSR count). The topological polar surface area (TPSA) is 65.2 Å². The summed E-state index contributed by atoms with van der Waals surface area (Å²) in [6.07, 6.45) is 2.45. The van der Waals surface area contributed by atoms with E-state index >= 15 is 0 Å². The van der Waals surface area contributed by atoms with Crippen molar-refractivity contribution in [2.75, 3.05) is 38.7 Å². The van der Waals surface area contributed by atoms with E-state index < -0.39 is 11.7 Å². The number of fused-ring (bicyclic) bond motifs is 1. The van der Waals surface area contributed by atoms with Crippen LogP contribution in [0.1, 0.15) is 16.8 Å². The Morgan fingerprint density at radius 3 is 2.71 bits per heavy atom. The summed E-state index contributed by atoms with van der Waals surface area (Å²) >= 11 is 0. The van der Waals surface area contributed by atoms with E-state index in [1.807, 2.05) is 35.1 Å². The Hall–Kier alpha value is -1.44. The van der Waals surface area contributed by atoms with E-state index in [4.69, 9.17) is 0 Å². The van der Waals surface area contributed by atoms with Gasteiger partial charge in [-0.1, -0.05) is 39.8 Å². The molecule has 0 atom stereocenters. The first-order chi connectivity index (χ1) is 11.6. The summed E-state index contributed by atoms with van der Waals surface area (Å²) in [5, 5.41) is 3.49. The maximum Gasteiger partial charge on any atom is 0.292 e. The van der Waals surface area contributed by atoms with Crippen molar-refractivity contribution in [2.45, 2.75) is 6.42 Å². The van der Waals surface area contributed by atoms with E-state index in [1.165, 1.54) is 0 Å². The van der Waals surface area contributed by atoms with Crippen LogP contribution in [0.4, 0.5) is 0 Å². The van der Waals surface area contributed by atoms with E-state index in [2.05, 4.69) is 29.3 Å². The van der Waals surface area contributed by atoms with Gasteiger partial charge in [-0.15, -0.1) is 0 Å². The molecule has 5 nitrogen and oxygen atoms in total. The highest BCUT2D eigenvalue weighted by molar-refractivity contribution is 8.76. The molecule has 0 radical (unpaired) electrons. The summed E-state index contributed by atoms with van der Waals surface area (Å²) in [7, 11) is 7.76. The highest BCUT2D eigenvalue weighted by atomic mass is 33.1. The molecule has 130 valence electrons. The van der Waals surface area contributed by atoms with Gasteiger partial charge in [0, 0.05) is 41.7 Å². The number of carbonyl (C=O) groups is 2. The number of aromatic nitrogens is 1. The second-order valence-corrected chi connectivity index (χ2v) is 8.34. The van der Waals surface area contributed by atoms with Gasteiger partial charge in [0.2, 0.25) is 0 Å². The van der Waals surface area contributed by atoms with Crippen molar-refractivity contribution in [1.29, 1.82) is 0 Å². The fourth-order valence-electron chi connectivity index (χ4n) is 2.13. The summed E-state index contributed by atoms with van der Waals surface area (Å²) in [6.45, 7) is 1.59. The first kappa shape index (κ1) is 18.9. The third-order valence-corrected chi connectivity index (χ3v) is 5.91. The van der Waals surface area contributed by atoms with Crippen LogP contribution in [0.3, 0.4) is 0 Å². The zero-order valence-corrected chi connectivity index (χ0v) is 15.6. The highest BCUT2D eigenvalue weighted by Gasteiger charge is 2.19. The van der Waals surface area contributed by atoms with Gasteiger partial charge < -0.3 is 15.2 Å². The number of hydrogen-bond donors (Lipinski definition) is 2. The maximum atomic E-state index is 12.2. The number of H-pyrrole nitrogens is 1. The lowest BCUT2D eigenvalue weighted by molar-refractivity contribution is -0.116. The number of nitrogens with one attached hydrogen (secondary N) is 2. The Kier molecular flexibility index (Phi) is 7.68. The third kappa shape index (κ3) is 5.58. The summed E-state index contributed by atoms with van der Waals surface area (Å²) in [5.74, 6) is 1.02. The van der Waals surface area contributed by atoms with Crippen molar-refractivity contribution in [3.63, 3.8) is 0 Å². The molecule has 1 aromatic carbocycles. The van der Waals surface area contributed by atoms with E-state index in [0.29, 0.717) is 12.1 Å². The van der Waals surface area contributed by atoms with Gasteiger partial charge in [0.25, 0.3) is 11.7 Å². The van der Waals surface area contributed by atoms with Gasteiger partial charge in [0.1, 0.15) is 0 Å². The third-order valence-electron chi connectivity index (χ3n) is 3.44. The normalized spacial score (nSPS) is 11.1. The number of Topliss-reactive ketones (excluding diaryl/α,β-unsaturated/α-hetero) is 1. The minimum absolute atomic E-state index is 0.428. The summed E-state index contributed by atoms with van der Waals surface area (Å²) in [5.41, 5.74) is 1.29. The van der Waals surface area contributed by atoms with Crippen molar-refractivity contribution in [2.24, 2.45) is 0 Å². The molecule has 0 spiro atoms. The zero-order valence-electron chi connectivity index (χ0n) is 14.0. The molecule has 2 aromatic rings. The molecular formula is C17H23N3O2S2. The van der Waals surface area contributed by atoms with Crippen LogP contribution in [0.2, 0.25) is 0 Å². The van der Waals surface area contributed by atoms with E-state index in [9.17, 15) is 9.59 Å². The highest BCUT2D eigenvalue weighted by Crippen LogP contribution is 2.21. The van der Waals surface area contributed by atoms with Crippen LogP contribution in [0, 0.1) is 0 Å². The standard InChI is InChI=1S/C17H23N3O2S2/c1-20(2)9-11-24-23-10-5-8-18-17(22)16(21)14-12-19-15-7-4-3-6-13(14)15/h3-4,6-7,12,19H,5,8-11H2,1-2H3,(H,18,22). The molecule has 0 aliphatic heterocycles. The fourth-order valence-corrected chi connectivity index (χ4v) is 4.35. The van der Waals surface area contributed by atoms with Crippen molar-refractivity contribution < 1.29 is 9.59 Å². The summed E-state index contributed by atoms with van der Waals surface area (Å²) < 4.78 is 0. The summed E-state index contributed by atoms with van der Waals surface area (Å²) in [6, 6.07) is 7.47. The molecule has 0 saturated carbocycles. The van der Waals surface area contributed by atoms with Crippen LogP contribution in [-0.4, -0.2) is 60.3 Å². The van der Waals surface area contributed by atoms with Crippen molar-refractivity contribution >= 4 is 44.2 Å². The average Bonchev–Trinajstić information content (AvgIpc) is 3.00. The molecule has 2 N–H and O–H groups in total. The SMILES string of the molecule is CN(C)CCSSCCCNC(=O)C(=O)c1c[nH]c2ccccc12. The van der Waals surface area contributed by atoms with Gasteiger partial charge in [-0.3, -0.25) is 9.59 Å². The number of ketones is 1. The molecule has 0 aliphatic carbocycles. The minimum Gasteiger partial charge on any atom is -0.360 e. The first-order valence-electron chi connectivity index (χ1n) is 7.87. The monoisotopic (exact) mass is 365 g/mol. The van der Waals surface area contributed by atoms with Gasteiger partial charge in [0.15, 0.2) is 0 Å². The number of para-hydroxylation sites is 1. The lowest BCUT2D eigenvalue weighted by atomic mass is 10.1. The molecule has 0 unspecified atom stereocenters. The van der Waals surface area contributed by atoms with Crippen LogP contribution in [0.25, 0.3) is 10.9 Å². The second-order valence-electron chi connectivity index (χ2n) is 5.63. The van der Waals surface area contributed by atoms with Crippen molar-refractivity contribution in [3.8, 4) is 0 Å². The molecule has 7 heteroatoms. The van der Waals surface area contributed by atoms with Crippen molar-refractivity contribution in [3.05, 3.63) is 36.0 Å². The van der Waals surface area contributed by atoms with Gasteiger partial charge in [-0.05, 0) is 26.6 Å². The molecular weight excluding hydrogens is 342 g/mol. The summed E-state index contributed by atoms with van der Waals surface area (Å²) in [4.78, 5) is 29.4. The zero-order chi connectivity index (χ0) is 17.4. The number of carbonyl (C=O) groups excluding carboxylic acids is 2. The number of nitrogens with zero attached hydrogens (tertiary/aromatic N) is 1. The molecule has 24 heavy (non-hydrogen) atoms. The number of aromatic amines is 1. The van der Waals surface area contributed by atoms with Crippen LogP contribution in [0.15, 0.2) is 30.5 Å². The van der Waals surface area contributed by atoms with Gasteiger partial charge in [0.05, 0.1) is 5.56 Å². The smallest absolute Gasteiger partial charge is 0.292 e. The Bertz CT molecular complexity index is 685. The van der Waals surface area contributed by atoms with E-state index in [-0.39, 0.29) is 0 Å². The number of benzene rings is 1. The average molecular weight is 366 g/mol. The number of hydrogen-bond acceptors (Lipinski definition) is 5. The Morgan fingerprint density at radius 2 is 1.92 bits per heavy atom. The van der Waals surface area contributed by atoms with Crippen LogP contribution in [0.5, 0.6) is 0 Å². The molecule has 1 heterocycles. The quantitative estimate of drug-likeness (QED) is 0.293. The Labute approximate surface area is 150 Å². The molecule has 0 aliphatic rings. The van der Waals surface area contributed by atoms with E-state index in [1.54, 1.807) is 17.0 Å².